The van der Waals surface area contributed by atoms with E-state index >= 15 is 0 Å². The van der Waals surface area contributed by atoms with E-state index in [2.05, 4.69) is 10.6 Å². The molecule has 1 aliphatic carbocycles. The Balaban J connectivity index is 1.80. The van der Waals surface area contributed by atoms with Crippen LogP contribution in [0.1, 0.15) is 39.0 Å². The van der Waals surface area contributed by atoms with Crippen molar-refractivity contribution in [3.8, 4) is 5.75 Å². The number of carbonyl (C=O) groups is 1. The molecular formula is C16H22N2O2S. The van der Waals surface area contributed by atoms with E-state index in [0.717, 1.165) is 24.3 Å². The molecule has 1 saturated carbocycles. The first kappa shape index (κ1) is 15.8. The van der Waals surface area contributed by atoms with Crippen LogP contribution in [-0.4, -0.2) is 17.6 Å². The molecule has 21 heavy (non-hydrogen) atoms. The summed E-state index contributed by atoms with van der Waals surface area (Å²) in [6, 6.07) is 7.52. The van der Waals surface area contributed by atoms with Gasteiger partial charge in [0.1, 0.15) is 5.75 Å². The van der Waals surface area contributed by atoms with Crippen LogP contribution in [0.5, 0.6) is 5.75 Å². The summed E-state index contributed by atoms with van der Waals surface area (Å²) in [6.45, 7) is 2.56. The number of nitrogens with one attached hydrogen (secondary N) is 2. The third-order valence-electron chi connectivity index (χ3n) is 3.60. The van der Waals surface area contributed by atoms with Gasteiger partial charge in [-0.15, -0.1) is 0 Å². The Hall–Kier alpha value is -1.62. The first-order valence-electron chi connectivity index (χ1n) is 7.51. The van der Waals surface area contributed by atoms with E-state index in [1.165, 1.54) is 12.8 Å². The van der Waals surface area contributed by atoms with Crippen LogP contribution >= 0.6 is 12.2 Å². The zero-order chi connectivity index (χ0) is 15.1. The fourth-order valence-electron chi connectivity index (χ4n) is 2.65. The van der Waals surface area contributed by atoms with Gasteiger partial charge in [-0.2, -0.15) is 0 Å². The summed E-state index contributed by atoms with van der Waals surface area (Å²) in [5.74, 6) is 1.30. The number of benzene rings is 1. The molecule has 0 unspecified atom stereocenters. The van der Waals surface area contributed by atoms with Crippen molar-refractivity contribution in [3.05, 3.63) is 24.3 Å². The molecule has 0 saturated heterocycles. The Morgan fingerprint density at radius 2 is 2.14 bits per heavy atom. The highest BCUT2D eigenvalue weighted by atomic mass is 32.1. The van der Waals surface area contributed by atoms with Crippen LogP contribution in [0.25, 0.3) is 0 Å². The van der Waals surface area contributed by atoms with Crippen molar-refractivity contribution in [1.82, 2.24) is 5.32 Å². The molecule has 0 bridgehead atoms. The molecule has 1 fully saturated rings. The number of amides is 1. The summed E-state index contributed by atoms with van der Waals surface area (Å²) in [4.78, 5) is 11.9. The third-order valence-corrected chi connectivity index (χ3v) is 3.81. The van der Waals surface area contributed by atoms with Gasteiger partial charge in [-0.3, -0.25) is 4.79 Å². The molecule has 0 atom stereocenters. The molecular weight excluding hydrogens is 284 g/mol. The Morgan fingerprint density at radius 1 is 1.38 bits per heavy atom. The maximum absolute atomic E-state index is 11.9. The Labute approximate surface area is 131 Å². The molecule has 0 heterocycles. The second kappa shape index (κ2) is 7.98. The van der Waals surface area contributed by atoms with Crippen LogP contribution in [0.15, 0.2) is 24.3 Å². The largest absolute Gasteiger partial charge is 0.494 e. The predicted molar refractivity (Wildman–Crippen MR) is 88.5 cm³/mol. The van der Waals surface area contributed by atoms with Gasteiger partial charge in [0.05, 0.1) is 6.61 Å². The van der Waals surface area contributed by atoms with E-state index in [9.17, 15) is 4.79 Å². The average Bonchev–Trinajstić information content (AvgIpc) is 2.91. The fourth-order valence-corrected chi connectivity index (χ4v) is 2.88. The number of ether oxygens (including phenoxy) is 1. The zero-order valence-electron chi connectivity index (χ0n) is 12.4. The van der Waals surface area contributed by atoms with Crippen molar-refractivity contribution in [3.63, 3.8) is 0 Å². The average molecular weight is 306 g/mol. The van der Waals surface area contributed by atoms with E-state index in [-0.39, 0.29) is 5.91 Å². The number of thiocarbonyl (C=S) groups is 1. The van der Waals surface area contributed by atoms with E-state index in [0.29, 0.717) is 24.1 Å². The molecule has 1 aliphatic rings. The lowest BCUT2D eigenvalue weighted by atomic mass is 10.0. The zero-order valence-corrected chi connectivity index (χ0v) is 13.2. The Kier molecular flexibility index (Phi) is 5.99. The second-order valence-electron chi connectivity index (χ2n) is 5.32. The van der Waals surface area contributed by atoms with Crippen LogP contribution < -0.4 is 15.4 Å². The minimum Gasteiger partial charge on any atom is -0.494 e. The molecule has 2 N–H and O–H groups in total. The number of hydrogen-bond donors (Lipinski definition) is 2. The Bertz CT molecular complexity index is 499. The SMILES string of the molecule is CCOc1cccc(NC(=S)NC(=O)CC2CCCC2)c1. The molecule has 0 radical (unpaired) electrons. The van der Waals surface area contributed by atoms with Gasteiger partial charge in [0.2, 0.25) is 5.91 Å². The fraction of sp³-hybridized carbons (Fsp3) is 0.500. The highest BCUT2D eigenvalue weighted by molar-refractivity contribution is 7.80. The first-order valence-corrected chi connectivity index (χ1v) is 7.92. The lowest BCUT2D eigenvalue weighted by Gasteiger charge is -2.12. The van der Waals surface area contributed by atoms with Crippen molar-refractivity contribution in [2.24, 2.45) is 5.92 Å². The monoisotopic (exact) mass is 306 g/mol. The summed E-state index contributed by atoms with van der Waals surface area (Å²) in [5, 5.41) is 6.10. The first-order chi connectivity index (χ1) is 10.2. The lowest BCUT2D eigenvalue weighted by molar-refractivity contribution is -0.120. The number of carbonyl (C=O) groups excluding carboxylic acids is 1. The topological polar surface area (TPSA) is 50.4 Å². The van der Waals surface area contributed by atoms with E-state index in [4.69, 9.17) is 17.0 Å². The van der Waals surface area contributed by atoms with Crippen LogP contribution in [0.3, 0.4) is 0 Å². The summed E-state index contributed by atoms with van der Waals surface area (Å²) < 4.78 is 5.43. The molecule has 0 spiro atoms. The van der Waals surface area contributed by atoms with Crippen molar-refractivity contribution < 1.29 is 9.53 Å². The van der Waals surface area contributed by atoms with Crippen LogP contribution in [0, 0.1) is 5.92 Å². The minimum absolute atomic E-state index is 0.000336. The molecule has 1 amide bonds. The lowest BCUT2D eigenvalue weighted by Crippen LogP contribution is -2.34. The smallest absolute Gasteiger partial charge is 0.226 e. The highest BCUT2D eigenvalue weighted by Gasteiger charge is 2.18. The van der Waals surface area contributed by atoms with Gasteiger partial charge >= 0.3 is 0 Å². The normalized spacial score (nSPS) is 14.7. The van der Waals surface area contributed by atoms with E-state index < -0.39 is 0 Å². The van der Waals surface area contributed by atoms with Crippen LogP contribution in [-0.2, 0) is 4.79 Å². The second-order valence-corrected chi connectivity index (χ2v) is 5.73. The minimum atomic E-state index is 0.000336. The van der Waals surface area contributed by atoms with Crippen molar-refractivity contribution in [2.75, 3.05) is 11.9 Å². The van der Waals surface area contributed by atoms with Gasteiger partial charge in [-0.1, -0.05) is 18.9 Å². The predicted octanol–water partition coefficient (Wildman–Crippen LogP) is 3.48. The maximum atomic E-state index is 11.9. The van der Waals surface area contributed by atoms with Gasteiger partial charge in [0.25, 0.3) is 0 Å². The Morgan fingerprint density at radius 3 is 2.86 bits per heavy atom. The van der Waals surface area contributed by atoms with Gasteiger partial charge < -0.3 is 15.4 Å². The molecule has 5 heteroatoms. The number of rotatable bonds is 5. The molecule has 0 aromatic heterocycles. The summed E-state index contributed by atoms with van der Waals surface area (Å²) >= 11 is 5.18. The van der Waals surface area contributed by atoms with E-state index in [1.807, 2.05) is 31.2 Å². The third kappa shape index (κ3) is 5.34. The summed E-state index contributed by atoms with van der Waals surface area (Å²) in [5.41, 5.74) is 0.812. The van der Waals surface area contributed by atoms with Crippen LogP contribution in [0.4, 0.5) is 5.69 Å². The van der Waals surface area contributed by atoms with Gasteiger partial charge in [0.15, 0.2) is 5.11 Å². The van der Waals surface area contributed by atoms with E-state index in [1.54, 1.807) is 0 Å². The molecule has 114 valence electrons. The quantitative estimate of drug-likeness (QED) is 0.818. The van der Waals surface area contributed by atoms with Crippen molar-refractivity contribution >= 4 is 28.9 Å². The van der Waals surface area contributed by atoms with Crippen molar-refractivity contribution in [2.45, 2.75) is 39.0 Å². The molecule has 2 rings (SSSR count). The van der Waals surface area contributed by atoms with Crippen LogP contribution in [0.2, 0.25) is 0 Å². The standard InChI is InChI=1S/C16H22N2O2S/c1-2-20-14-9-5-8-13(11-14)17-16(21)18-15(19)10-12-6-3-4-7-12/h5,8-9,11-12H,2-4,6-7,10H2,1H3,(H2,17,18,19,21). The van der Waals surface area contributed by atoms with Crippen molar-refractivity contribution in [1.29, 1.82) is 0 Å². The molecule has 4 nitrogen and oxygen atoms in total. The molecule has 1 aromatic carbocycles. The highest BCUT2D eigenvalue weighted by Crippen LogP contribution is 2.27. The van der Waals surface area contributed by atoms with Gasteiger partial charge in [-0.05, 0) is 50.0 Å². The number of hydrogen-bond acceptors (Lipinski definition) is 3. The molecule has 0 aliphatic heterocycles. The summed E-state index contributed by atoms with van der Waals surface area (Å²) in [6.07, 6.45) is 5.37. The number of anilines is 1. The molecule has 1 aromatic rings. The van der Waals surface area contributed by atoms with Gasteiger partial charge in [0, 0.05) is 18.2 Å². The maximum Gasteiger partial charge on any atom is 0.226 e. The van der Waals surface area contributed by atoms with Gasteiger partial charge in [-0.25, -0.2) is 0 Å². The summed E-state index contributed by atoms with van der Waals surface area (Å²) in [7, 11) is 0.